The van der Waals surface area contributed by atoms with E-state index in [2.05, 4.69) is 4.98 Å². The average Bonchev–Trinajstić information content (AvgIpc) is 2.45. The maximum Gasteiger partial charge on any atom is 0.135 e. The van der Waals surface area contributed by atoms with Crippen LogP contribution in [0.15, 0.2) is 48.8 Å². The van der Waals surface area contributed by atoms with Gasteiger partial charge in [-0.15, -0.1) is 0 Å². The molecule has 1 unspecified atom stereocenters. The minimum atomic E-state index is -1.54. The molecule has 0 spiro atoms. The van der Waals surface area contributed by atoms with Gasteiger partial charge in [0.25, 0.3) is 0 Å². The first-order valence-electron chi connectivity index (χ1n) is 6.23. The Hall–Kier alpha value is -2.40. The van der Waals surface area contributed by atoms with Gasteiger partial charge in [0.05, 0.1) is 5.56 Å². The lowest BCUT2D eigenvalue weighted by Crippen LogP contribution is -2.07. The third-order valence-corrected chi connectivity index (χ3v) is 3.33. The van der Waals surface area contributed by atoms with Crippen molar-refractivity contribution in [3.63, 3.8) is 0 Å². The van der Waals surface area contributed by atoms with E-state index >= 15 is 0 Å². The molecule has 5 heteroatoms. The molecule has 106 valence electrons. The van der Waals surface area contributed by atoms with Crippen LogP contribution in [0.1, 0.15) is 17.2 Å². The zero-order valence-electron chi connectivity index (χ0n) is 10.7. The fourth-order valence-corrected chi connectivity index (χ4v) is 2.35. The van der Waals surface area contributed by atoms with Crippen LogP contribution in [0.4, 0.5) is 13.2 Å². The SMILES string of the molecule is OC(c1c(F)cc(F)cc1F)c1cccc2ccncc12. The number of aliphatic hydroxyl groups excluding tert-OH is 1. The summed E-state index contributed by atoms with van der Waals surface area (Å²) in [6.07, 6.45) is 1.55. The Kier molecular flexibility index (Phi) is 3.35. The average molecular weight is 289 g/mol. The Morgan fingerprint density at radius 3 is 2.43 bits per heavy atom. The maximum atomic E-state index is 13.8. The Balaban J connectivity index is 2.20. The van der Waals surface area contributed by atoms with Gasteiger partial charge >= 0.3 is 0 Å². The third-order valence-electron chi connectivity index (χ3n) is 3.33. The summed E-state index contributed by atoms with van der Waals surface area (Å²) in [5, 5.41) is 11.7. The van der Waals surface area contributed by atoms with E-state index in [-0.39, 0.29) is 0 Å². The predicted molar refractivity (Wildman–Crippen MR) is 72.1 cm³/mol. The van der Waals surface area contributed by atoms with Crippen LogP contribution in [0.2, 0.25) is 0 Å². The van der Waals surface area contributed by atoms with E-state index < -0.39 is 29.1 Å². The minimum Gasteiger partial charge on any atom is -0.383 e. The van der Waals surface area contributed by atoms with Crippen molar-refractivity contribution < 1.29 is 18.3 Å². The van der Waals surface area contributed by atoms with Crippen LogP contribution in [-0.2, 0) is 0 Å². The fourth-order valence-electron chi connectivity index (χ4n) is 2.35. The Morgan fingerprint density at radius 1 is 1.00 bits per heavy atom. The van der Waals surface area contributed by atoms with Gasteiger partial charge in [0.15, 0.2) is 0 Å². The van der Waals surface area contributed by atoms with Gasteiger partial charge in [0, 0.05) is 29.9 Å². The molecule has 1 aromatic heterocycles. The highest BCUT2D eigenvalue weighted by atomic mass is 19.1. The Morgan fingerprint density at radius 2 is 1.71 bits per heavy atom. The van der Waals surface area contributed by atoms with Crippen LogP contribution in [0.5, 0.6) is 0 Å². The summed E-state index contributed by atoms with van der Waals surface area (Å²) < 4.78 is 40.5. The quantitative estimate of drug-likeness (QED) is 0.779. The van der Waals surface area contributed by atoms with E-state index in [0.29, 0.717) is 23.1 Å². The molecule has 0 saturated heterocycles. The van der Waals surface area contributed by atoms with Crippen LogP contribution < -0.4 is 0 Å². The summed E-state index contributed by atoms with van der Waals surface area (Å²) in [7, 11) is 0. The number of hydrogen-bond donors (Lipinski definition) is 1. The van der Waals surface area contributed by atoms with E-state index in [9.17, 15) is 18.3 Å². The van der Waals surface area contributed by atoms with E-state index in [1.165, 1.54) is 6.20 Å². The van der Waals surface area contributed by atoms with Gasteiger partial charge in [-0.1, -0.05) is 18.2 Å². The van der Waals surface area contributed by atoms with Crippen molar-refractivity contribution in [2.24, 2.45) is 0 Å². The Bertz CT molecular complexity index is 791. The Labute approximate surface area is 118 Å². The first kappa shape index (κ1) is 13.6. The molecular weight excluding hydrogens is 279 g/mol. The number of aromatic nitrogens is 1. The van der Waals surface area contributed by atoms with Crippen molar-refractivity contribution in [2.75, 3.05) is 0 Å². The molecular formula is C16H10F3NO. The second-order valence-corrected chi connectivity index (χ2v) is 4.63. The second-order valence-electron chi connectivity index (χ2n) is 4.63. The predicted octanol–water partition coefficient (Wildman–Crippen LogP) is 3.73. The molecule has 0 fully saturated rings. The summed E-state index contributed by atoms with van der Waals surface area (Å²) in [5.74, 6) is -3.28. The number of benzene rings is 2. The van der Waals surface area contributed by atoms with E-state index in [4.69, 9.17) is 0 Å². The smallest absolute Gasteiger partial charge is 0.135 e. The second kappa shape index (κ2) is 5.18. The van der Waals surface area contributed by atoms with Gasteiger partial charge in [0.1, 0.15) is 23.6 Å². The molecule has 0 radical (unpaired) electrons. The maximum absolute atomic E-state index is 13.8. The van der Waals surface area contributed by atoms with Crippen LogP contribution >= 0.6 is 0 Å². The van der Waals surface area contributed by atoms with Gasteiger partial charge in [-0.3, -0.25) is 4.98 Å². The highest BCUT2D eigenvalue weighted by Gasteiger charge is 2.22. The third kappa shape index (κ3) is 2.36. The number of aliphatic hydroxyl groups is 1. The molecule has 2 nitrogen and oxygen atoms in total. The molecule has 21 heavy (non-hydrogen) atoms. The molecule has 1 heterocycles. The number of pyridine rings is 1. The van der Waals surface area contributed by atoms with Crippen molar-refractivity contribution in [3.8, 4) is 0 Å². The van der Waals surface area contributed by atoms with Crippen molar-refractivity contribution in [2.45, 2.75) is 6.10 Å². The first-order valence-corrected chi connectivity index (χ1v) is 6.23. The summed E-state index contributed by atoms with van der Waals surface area (Å²) in [4.78, 5) is 3.95. The van der Waals surface area contributed by atoms with Gasteiger partial charge in [-0.2, -0.15) is 0 Å². The topological polar surface area (TPSA) is 33.1 Å². The largest absolute Gasteiger partial charge is 0.383 e. The number of rotatable bonds is 2. The molecule has 0 aliphatic heterocycles. The standard InChI is InChI=1S/C16H10F3NO/c17-10-6-13(18)15(14(19)7-10)16(21)11-3-1-2-9-4-5-20-8-12(9)11/h1-8,16,21H. The number of hydrogen-bond acceptors (Lipinski definition) is 2. The van der Waals surface area contributed by atoms with Gasteiger partial charge in [-0.05, 0) is 17.0 Å². The fraction of sp³-hybridized carbons (Fsp3) is 0.0625. The molecule has 0 saturated carbocycles. The van der Waals surface area contributed by atoms with Crippen LogP contribution in [0.25, 0.3) is 10.8 Å². The van der Waals surface area contributed by atoms with Crippen molar-refractivity contribution in [3.05, 3.63) is 77.4 Å². The molecule has 3 rings (SSSR count). The monoisotopic (exact) mass is 289 g/mol. The summed E-state index contributed by atoms with van der Waals surface area (Å²) >= 11 is 0. The molecule has 1 N–H and O–H groups in total. The van der Waals surface area contributed by atoms with Gasteiger partial charge in [0.2, 0.25) is 0 Å². The molecule has 1 atom stereocenters. The van der Waals surface area contributed by atoms with Gasteiger partial charge < -0.3 is 5.11 Å². The zero-order valence-corrected chi connectivity index (χ0v) is 10.7. The first-order chi connectivity index (χ1) is 10.1. The van der Waals surface area contributed by atoms with Crippen LogP contribution in [0.3, 0.4) is 0 Å². The van der Waals surface area contributed by atoms with Crippen molar-refractivity contribution >= 4 is 10.8 Å². The normalized spacial score (nSPS) is 12.6. The molecule has 0 aliphatic carbocycles. The highest BCUT2D eigenvalue weighted by molar-refractivity contribution is 5.85. The molecule has 0 amide bonds. The lowest BCUT2D eigenvalue weighted by Gasteiger charge is -2.15. The number of halogens is 3. The molecule has 2 aromatic carbocycles. The molecule has 0 bridgehead atoms. The minimum absolute atomic E-state index is 0.310. The van der Waals surface area contributed by atoms with E-state index in [1.54, 1.807) is 30.5 Å². The van der Waals surface area contributed by atoms with E-state index in [0.717, 1.165) is 5.39 Å². The number of fused-ring (bicyclic) bond motifs is 1. The lowest BCUT2D eigenvalue weighted by molar-refractivity contribution is 0.210. The molecule has 3 aromatic rings. The summed E-state index contributed by atoms with van der Waals surface area (Å²) in [5.41, 5.74) is -0.266. The van der Waals surface area contributed by atoms with Crippen LogP contribution in [-0.4, -0.2) is 10.1 Å². The van der Waals surface area contributed by atoms with Crippen LogP contribution in [0, 0.1) is 17.5 Å². The van der Waals surface area contributed by atoms with Gasteiger partial charge in [-0.25, -0.2) is 13.2 Å². The summed E-state index contributed by atoms with van der Waals surface area (Å²) in [6.45, 7) is 0. The summed E-state index contributed by atoms with van der Waals surface area (Å²) in [6, 6.07) is 7.83. The van der Waals surface area contributed by atoms with E-state index in [1.807, 2.05) is 0 Å². The zero-order chi connectivity index (χ0) is 15.0. The molecule has 0 aliphatic rings. The number of nitrogens with zero attached hydrogens (tertiary/aromatic N) is 1. The lowest BCUT2D eigenvalue weighted by atomic mass is 9.96. The van der Waals surface area contributed by atoms with Crippen molar-refractivity contribution in [1.29, 1.82) is 0 Å². The highest BCUT2D eigenvalue weighted by Crippen LogP contribution is 2.31. The van der Waals surface area contributed by atoms with Crippen molar-refractivity contribution in [1.82, 2.24) is 4.98 Å².